The first-order valence-electron chi connectivity index (χ1n) is 6.46. The molecular formula is C15H23NO2. The summed E-state index contributed by atoms with van der Waals surface area (Å²) in [6.45, 7) is 10.5. The molecule has 1 aliphatic rings. The van der Waals surface area contributed by atoms with E-state index in [0.717, 1.165) is 17.7 Å². The highest BCUT2D eigenvalue weighted by molar-refractivity contribution is 5.54. The van der Waals surface area contributed by atoms with Gasteiger partial charge in [-0.1, -0.05) is 0 Å². The van der Waals surface area contributed by atoms with E-state index in [1.165, 1.54) is 0 Å². The Balaban J connectivity index is 2.19. The second-order valence-corrected chi connectivity index (χ2v) is 6.37. The van der Waals surface area contributed by atoms with Gasteiger partial charge in [0.05, 0.1) is 17.2 Å². The van der Waals surface area contributed by atoms with Gasteiger partial charge in [0.1, 0.15) is 5.75 Å². The topological polar surface area (TPSA) is 41.5 Å². The van der Waals surface area contributed by atoms with E-state index in [0.29, 0.717) is 5.75 Å². The summed E-state index contributed by atoms with van der Waals surface area (Å²) in [6.07, 6.45) is 0.973. The first-order chi connectivity index (χ1) is 8.20. The van der Waals surface area contributed by atoms with Gasteiger partial charge in [-0.3, -0.25) is 0 Å². The second kappa shape index (κ2) is 4.16. The van der Waals surface area contributed by atoms with Crippen molar-refractivity contribution in [1.29, 1.82) is 0 Å². The quantitative estimate of drug-likeness (QED) is 0.789. The fourth-order valence-corrected chi connectivity index (χ4v) is 2.78. The predicted molar refractivity (Wildman–Crippen MR) is 74.1 cm³/mol. The number of benzene rings is 1. The fourth-order valence-electron chi connectivity index (χ4n) is 2.78. The molecule has 18 heavy (non-hydrogen) atoms. The Hall–Kier alpha value is -1.22. The van der Waals surface area contributed by atoms with E-state index in [9.17, 15) is 5.11 Å². The summed E-state index contributed by atoms with van der Waals surface area (Å²) in [4.78, 5) is 0. The van der Waals surface area contributed by atoms with Crippen LogP contribution in [0.1, 0.15) is 39.7 Å². The molecule has 2 N–H and O–H groups in total. The van der Waals surface area contributed by atoms with Gasteiger partial charge in [-0.15, -0.1) is 0 Å². The summed E-state index contributed by atoms with van der Waals surface area (Å²) < 4.78 is 6.07. The maximum absolute atomic E-state index is 9.43. The van der Waals surface area contributed by atoms with Gasteiger partial charge >= 0.3 is 0 Å². The van der Waals surface area contributed by atoms with Crippen LogP contribution in [0.2, 0.25) is 0 Å². The molecule has 0 amide bonds. The lowest BCUT2D eigenvalue weighted by Gasteiger charge is -2.28. The van der Waals surface area contributed by atoms with Crippen LogP contribution < -0.4 is 5.32 Å². The summed E-state index contributed by atoms with van der Waals surface area (Å²) in [5, 5.41) is 13.0. The molecule has 1 unspecified atom stereocenters. The number of hydrogen-bond acceptors (Lipinski definition) is 3. The van der Waals surface area contributed by atoms with Gasteiger partial charge in [0.2, 0.25) is 0 Å². The first kappa shape index (κ1) is 13.2. The van der Waals surface area contributed by atoms with E-state index in [-0.39, 0.29) is 17.2 Å². The SMILES string of the molecule is Cc1cc(O)ccc1NC1CC(C)(C)OC1(C)C. The molecule has 0 spiro atoms. The molecule has 1 atom stereocenters. The molecule has 2 rings (SSSR count). The summed E-state index contributed by atoms with van der Waals surface area (Å²) in [5.74, 6) is 0.306. The Morgan fingerprint density at radius 1 is 1.28 bits per heavy atom. The van der Waals surface area contributed by atoms with Crippen LogP contribution in [0.5, 0.6) is 5.75 Å². The Morgan fingerprint density at radius 3 is 2.44 bits per heavy atom. The molecule has 1 aliphatic heterocycles. The number of phenols is 1. The Bertz CT molecular complexity index is 452. The van der Waals surface area contributed by atoms with Crippen LogP contribution in [0.4, 0.5) is 5.69 Å². The molecule has 0 radical (unpaired) electrons. The van der Waals surface area contributed by atoms with Gasteiger partial charge in [-0.25, -0.2) is 0 Å². The smallest absolute Gasteiger partial charge is 0.115 e. The van der Waals surface area contributed by atoms with Crippen LogP contribution in [-0.2, 0) is 4.74 Å². The molecule has 0 aromatic heterocycles. The molecular weight excluding hydrogens is 226 g/mol. The van der Waals surface area contributed by atoms with Crippen LogP contribution in [0.15, 0.2) is 18.2 Å². The number of phenolic OH excluding ortho intramolecular Hbond substituents is 1. The van der Waals surface area contributed by atoms with Crippen LogP contribution in [0, 0.1) is 6.92 Å². The number of ether oxygens (including phenoxy) is 1. The number of nitrogens with one attached hydrogen (secondary N) is 1. The van der Waals surface area contributed by atoms with Gasteiger partial charge in [0.25, 0.3) is 0 Å². The predicted octanol–water partition coefficient (Wildman–Crippen LogP) is 3.46. The molecule has 0 aliphatic carbocycles. The molecule has 1 aromatic rings. The minimum absolute atomic E-state index is 0.0913. The third kappa shape index (κ3) is 2.61. The highest BCUT2D eigenvalue weighted by Gasteiger charge is 2.45. The molecule has 3 nitrogen and oxygen atoms in total. The fraction of sp³-hybridized carbons (Fsp3) is 0.600. The lowest BCUT2D eigenvalue weighted by atomic mass is 9.94. The lowest BCUT2D eigenvalue weighted by Crippen LogP contribution is -2.38. The van der Waals surface area contributed by atoms with Crippen molar-refractivity contribution in [1.82, 2.24) is 0 Å². The summed E-state index contributed by atoms with van der Waals surface area (Å²) in [7, 11) is 0. The summed E-state index contributed by atoms with van der Waals surface area (Å²) in [5.41, 5.74) is 1.84. The van der Waals surface area contributed by atoms with Crippen LogP contribution in [0.3, 0.4) is 0 Å². The monoisotopic (exact) mass is 249 g/mol. The van der Waals surface area contributed by atoms with Gasteiger partial charge in [0.15, 0.2) is 0 Å². The van der Waals surface area contributed by atoms with E-state index in [1.807, 2.05) is 13.0 Å². The number of aromatic hydroxyl groups is 1. The largest absolute Gasteiger partial charge is 0.508 e. The minimum Gasteiger partial charge on any atom is -0.508 e. The van der Waals surface area contributed by atoms with Crippen molar-refractivity contribution in [3.8, 4) is 5.75 Å². The first-order valence-corrected chi connectivity index (χ1v) is 6.46. The van der Waals surface area contributed by atoms with E-state index >= 15 is 0 Å². The van der Waals surface area contributed by atoms with Crippen molar-refractivity contribution in [2.24, 2.45) is 0 Å². The third-order valence-electron chi connectivity index (χ3n) is 3.61. The molecule has 1 fully saturated rings. The van der Waals surface area contributed by atoms with Crippen LogP contribution >= 0.6 is 0 Å². The van der Waals surface area contributed by atoms with Crippen molar-refractivity contribution in [2.75, 3.05) is 5.32 Å². The van der Waals surface area contributed by atoms with E-state index in [1.54, 1.807) is 12.1 Å². The van der Waals surface area contributed by atoms with Gasteiger partial charge in [0, 0.05) is 5.69 Å². The Morgan fingerprint density at radius 2 is 1.94 bits per heavy atom. The van der Waals surface area contributed by atoms with E-state index < -0.39 is 0 Å². The number of aryl methyl sites for hydroxylation is 1. The molecule has 100 valence electrons. The van der Waals surface area contributed by atoms with Crippen LogP contribution in [0.25, 0.3) is 0 Å². The third-order valence-corrected chi connectivity index (χ3v) is 3.61. The van der Waals surface area contributed by atoms with Crippen molar-refractivity contribution < 1.29 is 9.84 Å². The van der Waals surface area contributed by atoms with Gasteiger partial charge in [-0.2, -0.15) is 0 Å². The molecule has 1 saturated heterocycles. The van der Waals surface area contributed by atoms with Crippen molar-refractivity contribution >= 4 is 5.69 Å². The summed E-state index contributed by atoms with van der Waals surface area (Å²) >= 11 is 0. The Kier molecular flexibility index (Phi) is 3.06. The van der Waals surface area contributed by atoms with Gasteiger partial charge in [-0.05, 0) is 64.8 Å². The average molecular weight is 249 g/mol. The van der Waals surface area contributed by atoms with Crippen molar-refractivity contribution in [2.45, 2.75) is 58.3 Å². The van der Waals surface area contributed by atoms with Crippen LogP contribution in [-0.4, -0.2) is 22.4 Å². The van der Waals surface area contributed by atoms with Gasteiger partial charge < -0.3 is 15.2 Å². The highest BCUT2D eigenvalue weighted by atomic mass is 16.5. The molecule has 1 heterocycles. The zero-order valence-electron chi connectivity index (χ0n) is 11.9. The molecule has 0 bridgehead atoms. The normalized spacial score (nSPS) is 25.1. The van der Waals surface area contributed by atoms with E-state index in [4.69, 9.17) is 4.74 Å². The molecule has 3 heteroatoms. The number of rotatable bonds is 2. The number of hydrogen-bond donors (Lipinski definition) is 2. The van der Waals surface area contributed by atoms with Crippen molar-refractivity contribution in [3.63, 3.8) is 0 Å². The lowest BCUT2D eigenvalue weighted by molar-refractivity contribution is -0.0662. The Labute approximate surface area is 109 Å². The van der Waals surface area contributed by atoms with Crippen molar-refractivity contribution in [3.05, 3.63) is 23.8 Å². The highest BCUT2D eigenvalue weighted by Crippen LogP contribution is 2.39. The van der Waals surface area contributed by atoms with E-state index in [2.05, 4.69) is 33.0 Å². The minimum atomic E-state index is -0.187. The maximum atomic E-state index is 9.43. The summed E-state index contributed by atoms with van der Waals surface area (Å²) in [6, 6.07) is 5.68. The average Bonchev–Trinajstić information content (AvgIpc) is 2.39. The standard InChI is InChI=1S/C15H23NO2/c1-10-8-11(17)6-7-12(10)16-13-9-14(2,3)18-15(13,4)5/h6-8,13,16-17H,9H2,1-5H3. The maximum Gasteiger partial charge on any atom is 0.115 e. The number of anilines is 1. The molecule has 0 saturated carbocycles. The zero-order valence-corrected chi connectivity index (χ0v) is 11.9. The second-order valence-electron chi connectivity index (χ2n) is 6.37. The zero-order chi connectivity index (χ0) is 13.6. The molecule has 1 aromatic carbocycles.